The van der Waals surface area contributed by atoms with Crippen molar-refractivity contribution in [2.24, 2.45) is 0 Å². The fraction of sp³-hybridized carbons (Fsp3) is 0.750. The molecule has 0 aromatic carbocycles. The smallest absolute Gasteiger partial charge is 0.187 e. The van der Waals surface area contributed by atoms with Crippen molar-refractivity contribution in [2.45, 2.75) is 20.3 Å². The quantitative estimate of drug-likeness (QED) is 0.419. The average molecular weight is 102 g/mol. The van der Waals surface area contributed by atoms with Gasteiger partial charge in [-0.15, -0.1) is 0 Å². The van der Waals surface area contributed by atoms with Gasteiger partial charge in [-0.1, -0.05) is 6.92 Å². The highest BCUT2D eigenvalue weighted by molar-refractivity contribution is 5.75. The van der Waals surface area contributed by atoms with Gasteiger partial charge in [0.15, 0.2) is 17.4 Å². The van der Waals surface area contributed by atoms with Crippen LogP contribution in [0.15, 0.2) is 0 Å². The van der Waals surface area contributed by atoms with Gasteiger partial charge in [0, 0.05) is 6.42 Å². The first-order valence-corrected chi connectivity index (χ1v) is 1.76. The molecule has 0 N–H and O–H groups in total. The standard InChI is InChI=1S/C4H8O.Al.3H/c1-3-4(2)5;;;;/h3H2,1-2H3;;;;. The molecule has 0 spiro atoms. The molecule has 36 valence electrons. The number of hydrogen-bond donors (Lipinski definition) is 0. The maximum atomic E-state index is 9.81. The number of carbonyl (C=O) groups is 1. The molecule has 0 amide bonds. The number of carbonyl (C=O) groups excluding carboxylic acids is 1. The lowest BCUT2D eigenvalue weighted by Crippen LogP contribution is -1.80. The van der Waals surface area contributed by atoms with Crippen LogP contribution in [0, 0.1) is 0 Å². The lowest BCUT2D eigenvalue weighted by atomic mass is 10.4. The zero-order valence-electron chi connectivity index (χ0n) is 3.62. The Hall–Kier alpha value is 0.202. The number of ketones is 1. The van der Waals surface area contributed by atoms with Gasteiger partial charge in [-0.25, -0.2) is 0 Å². The third-order valence-corrected chi connectivity index (χ3v) is 0.498. The molecule has 0 atom stereocenters. The van der Waals surface area contributed by atoms with E-state index in [1.165, 1.54) is 0 Å². The summed E-state index contributed by atoms with van der Waals surface area (Å²) < 4.78 is 0. The molecular weight excluding hydrogens is 91.0 g/mol. The van der Waals surface area contributed by atoms with Crippen LogP contribution in [-0.2, 0) is 4.79 Å². The minimum absolute atomic E-state index is 0. The van der Waals surface area contributed by atoms with E-state index in [-0.39, 0.29) is 23.1 Å². The van der Waals surface area contributed by atoms with Crippen LogP contribution in [0.5, 0.6) is 0 Å². The van der Waals surface area contributed by atoms with E-state index in [9.17, 15) is 4.79 Å². The first-order valence-electron chi connectivity index (χ1n) is 1.76. The molecule has 0 aliphatic carbocycles. The molecule has 0 aliphatic rings. The summed E-state index contributed by atoms with van der Waals surface area (Å²) in [4.78, 5) is 9.81. The molecule has 0 aromatic heterocycles. The Bertz CT molecular complexity index is 42.8. The van der Waals surface area contributed by atoms with Gasteiger partial charge in [-0.2, -0.15) is 0 Å². The van der Waals surface area contributed by atoms with E-state index in [0.29, 0.717) is 6.42 Å². The van der Waals surface area contributed by atoms with Crippen molar-refractivity contribution in [3.63, 3.8) is 0 Å². The van der Waals surface area contributed by atoms with Crippen LogP contribution in [0.4, 0.5) is 0 Å². The van der Waals surface area contributed by atoms with Crippen LogP contribution >= 0.6 is 0 Å². The number of hydrogen-bond acceptors (Lipinski definition) is 1. The van der Waals surface area contributed by atoms with Crippen LogP contribution in [0.3, 0.4) is 0 Å². The highest BCUT2D eigenvalue weighted by Crippen LogP contribution is 1.71. The van der Waals surface area contributed by atoms with Crippen molar-refractivity contribution >= 4 is 23.1 Å². The molecule has 2 heteroatoms. The summed E-state index contributed by atoms with van der Waals surface area (Å²) in [6, 6.07) is 0. The summed E-state index contributed by atoms with van der Waals surface area (Å²) in [6.07, 6.45) is 0.667. The molecule has 0 bridgehead atoms. The predicted molar refractivity (Wildman–Crippen MR) is 30.9 cm³/mol. The molecule has 0 saturated heterocycles. The summed E-state index contributed by atoms with van der Waals surface area (Å²) in [5, 5.41) is 0. The van der Waals surface area contributed by atoms with Crippen molar-refractivity contribution in [1.82, 2.24) is 0 Å². The summed E-state index contributed by atoms with van der Waals surface area (Å²) in [6.45, 7) is 3.43. The molecular formula is C4H11AlO. The summed E-state index contributed by atoms with van der Waals surface area (Å²) in [5.41, 5.74) is 0. The minimum Gasteiger partial charge on any atom is -0.300 e. The zero-order chi connectivity index (χ0) is 4.28. The molecule has 0 saturated carbocycles. The van der Waals surface area contributed by atoms with Crippen LogP contribution in [-0.4, -0.2) is 23.1 Å². The summed E-state index contributed by atoms with van der Waals surface area (Å²) in [5.74, 6) is 0.255. The lowest BCUT2D eigenvalue weighted by molar-refractivity contribution is -0.116. The average Bonchev–Trinajstić information content (AvgIpc) is 1.38. The molecule has 0 unspecified atom stereocenters. The van der Waals surface area contributed by atoms with E-state index in [1.54, 1.807) is 6.92 Å². The monoisotopic (exact) mass is 102 g/mol. The molecule has 0 aromatic rings. The molecule has 0 radical (unpaired) electrons. The maximum Gasteiger partial charge on any atom is 0.187 e. The van der Waals surface area contributed by atoms with Crippen LogP contribution in [0.1, 0.15) is 20.3 Å². The van der Waals surface area contributed by atoms with Gasteiger partial charge in [0.2, 0.25) is 0 Å². The molecule has 1 nitrogen and oxygen atoms in total. The van der Waals surface area contributed by atoms with Gasteiger partial charge in [0.05, 0.1) is 0 Å². The van der Waals surface area contributed by atoms with Crippen molar-refractivity contribution in [1.29, 1.82) is 0 Å². The van der Waals surface area contributed by atoms with Crippen molar-refractivity contribution < 1.29 is 4.79 Å². The largest absolute Gasteiger partial charge is 0.300 e. The second-order valence-electron chi connectivity index (χ2n) is 1.06. The van der Waals surface area contributed by atoms with Gasteiger partial charge in [0.25, 0.3) is 0 Å². The molecule has 0 aliphatic heterocycles. The highest BCUT2D eigenvalue weighted by atomic mass is 27.0. The van der Waals surface area contributed by atoms with Crippen LogP contribution in [0.2, 0.25) is 0 Å². The van der Waals surface area contributed by atoms with Crippen LogP contribution in [0.25, 0.3) is 0 Å². The van der Waals surface area contributed by atoms with Gasteiger partial charge in [0.1, 0.15) is 5.78 Å². The van der Waals surface area contributed by atoms with Crippen molar-refractivity contribution in [3.8, 4) is 0 Å². The molecule has 0 rings (SSSR count). The zero-order valence-corrected chi connectivity index (χ0v) is 3.62. The van der Waals surface area contributed by atoms with E-state index in [0.717, 1.165) is 0 Å². The van der Waals surface area contributed by atoms with E-state index in [2.05, 4.69) is 0 Å². The Morgan fingerprint density at radius 1 is 1.67 bits per heavy atom. The fourth-order valence-electron chi connectivity index (χ4n) is 0. The van der Waals surface area contributed by atoms with E-state index >= 15 is 0 Å². The Balaban J connectivity index is 0. The lowest BCUT2D eigenvalue weighted by Gasteiger charge is -1.71. The highest BCUT2D eigenvalue weighted by Gasteiger charge is 1.76. The third kappa shape index (κ3) is 8.88. The normalized spacial score (nSPS) is 6.33. The second-order valence-corrected chi connectivity index (χ2v) is 1.06. The summed E-state index contributed by atoms with van der Waals surface area (Å²) in [7, 11) is 0. The number of rotatable bonds is 1. The van der Waals surface area contributed by atoms with Gasteiger partial charge < -0.3 is 4.79 Å². The van der Waals surface area contributed by atoms with Gasteiger partial charge >= 0.3 is 0 Å². The first-order chi connectivity index (χ1) is 2.27. The van der Waals surface area contributed by atoms with Gasteiger partial charge in [-0.3, -0.25) is 0 Å². The molecule has 6 heavy (non-hydrogen) atoms. The maximum absolute atomic E-state index is 9.81. The Morgan fingerprint density at radius 2 is 1.83 bits per heavy atom. The molecule has 0 heterocycles. The van der Waals surface area contributed by atoms with E-state index in [4.69, 9.17) is 0 Å². The minimum atomic E-state index is 0. The SMILES string of the molecule is CCC(C)=O.[AlH3]. The predicted octanol–water partition coefficient (Wildman–Crippen LogP) is -0.198. The van der Waals surface area contributed by atoms with E-state index < -0.39 is 0 Å². The number of Topliss-reactive ketones (excluding diaryl/α,β-unsaturated/α-hetero) is 1. The Labute approximate surface area is 48.9 Å². The fourth-order valence-corrected chi connectivity index (χ4v) is 0. The van der Waals surface area contributed by atoms with Crippen LogP contribution < -0.4 is 0 Å². The first kappa shape index (κ1) is 9.51. The Morgan fingerprint density at radius 3 is 1.83 bits per heavy atom. The topological polar surface area (TPSA) is 17.1 Å². The van der Waals surface area contributed by atoms with Gasteiger partial charge in [-0.05, 0) is 6.92 Å². The molecule has 0 fully saturated rings. The van der Waals surface area contributed by atoms with E-state index in [1.807, 2.05) is 6.92 Å². The van der Waals surface area contributed by atoms with Crippen molar-refractivity contribution in [2.75, 3.05) is 0 Å². The third-order valence-electron chi connectivity index (χ3n) is 0.498. The van der Waals surface area contributed by atoms with Crippen molar-refractivity contribution in [3.05, 3.63) is 0 Å². The summed E-state index contributed by atoms with van der Waals surface area (Å²) >= 11 is 0. The second kappa shape index (κ2) is 5.20. The Kier molecular flexibility index (Phi) is 8.24.